The second-order valence-corrected chi connectivity index (χ2v) is 5.26. The first-order chi connectivity index (χ1) is 9.29. The Balaban J connectivity index is 2.12. The predicted octanol–water partition coefficient (Wildman–Crippen LogP) is 2.73. The van der Waals surface area contributed by atoms with Crippen LogP contribution in [-0.2, 0) is 0 Å². The van der Waals surface area contributed by atoms with Crippen molar-refractivity contribution < 1.29 is 0 Å². The topological polar surface area (TPSA) is 28.2 Å². The zero-order valence-corrected chi connectivity index (χ0v) is 11.7. The number of hydrogen-bond donors (Lipinski definition) is 1. The van der Waals surface area contributed by atoms with Gasteiger partial charge in [-0.05, 0) is 25.5 Å². The zero-order chi connectivity index (χ0) is 13.2. The second-order valence-electron chi connectivity index (χ2n) is 5.26. The first kappa shape index (κ1) is 12.4. The van der Waals surface area contributed by atoms with Crippen LogP contribution in [0.1, 0.15) is 19.0 Å². The summed E-state index contributed by atoms with van der Waals surface area (Å²) in [6, 6.07) is 11.3. The van der Waals surface area contributed by atoms with Crippen LogP contribution in [0, 0.1) is 6.92 Å². The highest BCUT2D eigenvalue weighted by Crippen LogP contribution is 2.29. The molecule has 3 nitrogen and oxygen atoms in total. The van der Waals surface area contributed by atoms with E-state index in [-0.39, 0.29) is 0 Å². The maximum absolute atomic E-state index is 4.64. The smallest absolute Gasteiger partial charge is 0.0726 e. The Bertz CT molecular complexity index is 579. The number of para-hydroxylation sites is 1. The summed E-state index contributed by atoms with van der Waals surface area (Å²) < 4.78 is 0. The van der Waals surface area contributed by atoms with E-state index in [1.165, 1.54) is 17.5 Å². The Hall–Kier alpha value is -1.61. The number of pyridine rings is 1. The number of nitrogens with zero attached hydrogens (tertiary/aromatic N) is 2. The molecule has 19 heavy (non-hydrogen) atoms. The van der Waals surface area contributed by atoms with Gasteiger partial charge in [-0.2, -0.15) is 0 Å². The molecule has 1 aliphatic rings. The van der Waals surface area contributed by atoms with Crippen molar-refractivity contribution in [1.82, 2.24) is 10.3 Å². The minimum Gasteiger partial charge on any atom is -0.365 e. The van der Waals surface area contributed by atoms with Gasteiger partial charge in [0.15, 0.2) is 0 Å². The summed E-state index contributed by atoms with van der Waals surface area (Å²) in [6.07, 6.45) is 1.17. The minimum atomic E-state index is 0.582. The van der Waals surface area contributed by atoms with Gasteiger partial charge in [-0.15, -0.1) is 0 Å². The number of aromatic nitrogens is 1. The fourth-order valence-corrected chi connectivity index (χ4v) is 2.97. The number of hydrogen-bond acceptors (Lipinski definition) is 3. The van der Waals surface area contributed by atoms with Gasteiger partial charge in [0.25, 0.3) is 0 Å². The van der Waals surface area contributed by atoms with Gasteiger partial charge < -0.3 is 10.2 Å². The third kappa shape index (κ3) is 2.30. The molecule has 0 aliphatic carbocycles. The Morgan fingerprint density at radius 2 is 2.21 bits per heavy atom. The van der Waals surface area contributed by atoms with Crippen molar-refractivity contribution in [1.29, 1.82) is 0 Å². The highest BCUT2D eigenvalue weighted by molar-refractivity contribution is 5.92. The number of nitrogens with one attached hydrogen (secondary N) is 1. The average molecular weight is 255 g/mol. The molecule has 0 bridgehead atoms. The van der Waals surface area contributed by atoms with Gasteiger partial charge in [-0.3, -0.25) is 4.98 Å². The van der Waals surface area contributed by atoms with Crippen molar-refractivity contribution in [3.05, 3.63) is 36.0 Å². The molecule has 1 unspecified atom stereocenters. The molecule has 0 saturated carbocycles. The van der Waals surface area contributed by atoms with E-state index in [1.54, 1.807) is 0 Å². The molecule has 1 fully saturated rings. The molecule has 1 N–H and O–H groups in total. The molecule has 1 aromatic carbocycles. The number of rotatable bonds is 2. The molecule has 100 valence electrons. The summed E-state index contributed by atoms with van der Waals surface area (Å²) >= 11 is 0. The van der Waals surface area contributed by atoms with E-state index in [4.69, 9.17) is 0 Å². The van der Waals surface area contributed by atoms with Gasteiger partial charge in [0, 0.05) is 42.4 Å². The van der Waals surface area contributed by atoms with Gasteiger partial charge in [-0.25, -0.2) is 0 Å². The van der Waals surface area contributed by atoms with Crippen molar-refractivity contribution in [3.8, 4) is 0 Å². The SMILES string of the molecule is CCC1CNCCN1c1cc(C)nc2ccccc12. The van der Waals surface area contributed by atoms with Gasteiger partial charge in [0.2, 0.25) is 0 Å². The standard InChI is InChI=1S/C16H21N3/c1-3-13-11-17-8-9-19(13)16-10-12(2)18-15-7-5-4-6-14(15)16/h4-7,10,13,17H,3,8-9,11H2,1-2H3. The van der Waals surface area contributed by atoms with Crippen molar-refractivity contribution >= 4 is 16.6 Å². The Morgan fingerprint density at radius 1 is 1.37 bits per heavy atom. The molecule has 2 aromatic rings. The van der Waals surface area contributed by atoms with Gasteiger partial charge in [-0.1, -0.05) is 25.1 Å². The van der Waals surface area contributed by atoms with Crippen LogP contribution in [0.2, 0.25) is 0 Å². The van der Waals surface area contributed by atoms with E-state index in [0.29, 0.717) is 6.04 Å². The van der Waals surface area contributed by atoms with Gasteiger partial charge in [0.05, 0.1) is 5.52 Å². The lowest BCUT2D eigenvalue weighted by Gasteiger charge is -2.38. The molecule has 2 heterocycles. The van der Waals surface area contributed by atoms with E-state index in [0.717, 1.165) is 30.8 Å². The average Bonchev–Trinajstić information content (AvgIpc) is 2.46. The third-order valence-electron chi connectivity index (χ3n) is 3.95. The maximum atomic E-state index is 4.64. The van der Waals surface area contributed by atoms with Crippen LogP contribution in [0.4, 0.5) is 5.69 Å². The molecule has 0 amide bonds. The van der Waals surface area contributed by atoms with Crippen LogP contribution < -0.4 is 10.2 Å². The minimum absolute atomic E-state index is 0.582. The molecule has 1 aliphatic heterocycles. The normalized spacial score (nSPS) is 19.9. The molecule has 0 spiro atoms. The summed E-state index contributed by atoms with van der Waals surface area (Å²) in [5, 5.41) is 4.76. The monoisotopic (exact) mass is 255 g/mol. The van der Waals surface area contributed by atoms with Crippen LogP contribution >= 0.6 is 0 Å². The van der Waals surface area contributed by atoms with E-state index in [2.05, 4.69) is 59.4 Å². The molecule has 1 atom stereocenters. The summed E-state index contributed by atoms with van der Waals surface area (Å²) in [4.78, 5) is 7.19. The Kier molecular flexibility index (Phi) is 3.38. The molecule has 0 radical (unpaired) electrons. The quantitative estimate of drug-likeness (QED) is 0.894. The highest BCUT2D eigenvalue weighted by atomic mass is 15.2. The molecule has 1 saturated heterocycles. The van der Waals surface area contributed by atoms with Crippen LogP contribution in [0.5, 0.6) is 0 Å². The van der Waals surface area contributed by atoms with E-state index in [9.17, 15) is 0 Å². The van der Waals surface area contributed by atoms with Crippen LogP contribution in [0.3, 0.4) is 0 Å². The van der Waals surface area contributed by atoms with Crippen molar-refractivity contribution in [2.45, 2.75) is 26.3 Å². The van der Waals surface area contributed by atoms with Crippen LogP contribution in [0.15, 0.2) is 30.3 Å². The van der Waals surface area contributed by atoms with Crippen molar-refractivity contribution in [2.24, 2.45) is 0 Å². The number of anilines is 1. The summed E-state index contributed by atoms with van der Waals surface area (Å²) in [5.74, 6) is 0. The molecule has 3 rings (SSSR count). The van der Waals surface area contributed by atoms with E-state index < -0.39 is 0 Å². The Morgan fingerprint density at radius 3 is 3.05 bits per heavy atom. The van der Waals surface area contributed by atoms with Crippen LogP contribution in [-0.4, -0.2) is 30.7 Å². The van der Waals surface area contributed by atoms with E-state index >= 15 is 0 Å². The fourth-order valence-electron chi connectivity index (χ4n) is 2.97. The number of piperazine rings is 1. The van der Waals surface area contributed by atoms with Gasteiger partial charge in [0.1, 0.15) is 0 Å². The van der Waals surface area contributed by atoms with Crippen molar-refractivity contribution in [2.75, 3.05) is 24.5 Å². The largest absolute Gasteiger partial charge is 0.365 e. The van der Waals surface area contributed by atoms with Crippen LogP contribution in [0.25, 0.3) is 10.9 Å². The number of aryl methyl sites for hydroxylation is 1. The fraction of sp³-hybridized carbons (Fsp3) is 0.438. The van der Waals surface area contributed by atoms with E-state index in [1.807, 2.05) is 0 Å². The Labute approximate surface area is 114 Å². The van der Waals surface area contributed by atoms with Crippen molar-refractivity contribution in [3.63, 3.8) is 0 Å². The predicted molar refractivity (Wildman–Crippen MR) is 80.8 cm³/mol. The molecule has 1 aromatic heterocycles. The summed E-state index contributed by atoms with van der Waals surface area (Å²) in [7, 11) is 0. The highest BCUT2D eigenvalue weighted by Gasteiger charge is 2.22. The second kappa shape index (κ2) is 5.17. The van der Waals surface area contributed by atoms with Gasteiger partial charge >= 0.3 is 0 Å². The third-order valence-corrected chi connectivity index (χ3v) is 3.95. The lowest BCUT2D eigenvalue weighted by atomic mass is 10.1. The summed E-state index contributed by atoms with van der Waals surface area (Å²) in [5.41, 5.74) is 3.55. The maximum Gasteiger partial charge on any atom is 0.0726 e. The summed E-state index contributed by atoms with van der Waals surface area (Å²) in [6.45, 7) is 7.56. The number of benzene rings is 1. The molecule has 3 heteroatoms. The zero-order valence-electron chi connectivity index (χ0n) is 11.7. The molecular formula is C16H21N3. The lowest BCUT2D eigenvalue weighted by molar-refractivity contribution is 0.467. The first-order valence-corrected chi connectivity index (χ1v) is 7.13. The first-order valence-electron chi connectivity index (χ1n) is 7.13. The number of fused-ring (bicyclic) bond motifs is 1. The lowest BCUT2D eigenvalue weighted by Crippen LogP contribution is -2.51. The molecular weight excluding hydrogens is 234 g/mol.